The number of hydrogen-bond donors (Lipinski definition) is 1. The Bertz CT molecular complexity index is 1120. The monoisotopic (exact) mass is 444 g/mol. The molecule has 0 unspecified atom stereocenters. The van der Waals surface area contributed by atoms with Crippen LogP contribution in [0.25, 0.3) is 5.69 Å². The second-order valence-electron chi connectivity index (χ2n) is 6.10. The molecule has 1 heterocycles. The Kier molecular flexibility index (Phi) is 6.83. The van der Waals surface area contributed by atoms with E-state index in [2.05, 4.69) is 10.4 Å². The highest BCUT2D eigenvalue weighted by Crippen LogP contribution is 2.27. The normalized spacial score (nSPS) is 10.4. The minimum absolute atomic E-state index is 0.0441. The van der Waals surface area contributed by atoms with Crippen LogP contribution < -0.4 is 10.1 Å². The molecule has 31 heavy (non-hydrogen) atoms. The Morgan fingerprint density at radius 3 is 2.65 bits per heavy atom. The molecule has 0 aliphatic rings. The van der Waals surface area contributed by atoms with Crippen molar-refractivity contribution in [3.63, 3.8) is 0 Å². The van der Waals surface area contributed by atoms with Crippen LogP contribution in [0, 0.1) is 10.1 Å². The summed E-state index contributed by atoms with van der Waals surface area (Å²) in [7, 11) is 0. The van der Waals surface area contributed by atoms with Crippen molar-refractivity contribution in [2.24, 2.45) is 0 Å². The van der Waals surface area contributed by atoms with E-state index in [-0.39, 0.29) is 34.4 Å². The zero-order valence-corrected chi connectivity index (χ0v) is 17.0. The van der Waals surface area contributed by atoms with Crippen molar-refractivity contribution in [1.29, 1.82) is 0 Å². The van der Waals surface area contributed by atoms with Crippen LogP contribution in [0.5, 0.6) is 5.75 Å². The summed E-state index contributed by atoms with van der Waals surface area (Å²) in [6.45, 7) is 1.30. The quantitative estimate of drug-likeness (QED) is 0.319. The molecule has 0 radical (unpaired) electrons. The van der Waals surface area contributed by atoms with Crippen molar-refractivity contribution in [2.75, 3.05) is 18.5 Å². The number of anilines is 1. The van der Waals surface area contributed by atoms with Crippen LogP contribution >= 0.6 is 11.6 Å². The summed E-state index contributed by atoms with van der Waals surface area (Å²) in [4.78, 5) is 34.8. The van der Waals surface area contributed by atoms with Crippen molar-refractivity contribution in [3.05, 3.63) is 75.6 Å². The van der Waals surface area contributed by atoms with Gasteiger partial charge in [0, 0.05) is 12.1 Å². The van der Waals surface area contributed by atoms with Gasteiger partial charge in [0.25, 0.3) is 11.6 Å². The molecular formula is C20H17ClN4O6. The van der Waals surface area contributed by atoms with E-state index in [4.69, 9.17) is 21.1 Å². The average molecular weight is 445 g/mol. The smallest absolute Gasteiger partial charge is 0.362 e. The number of carbonyl (C=O) groups is 2. The zero-order chi connectivity index (χ0) is 22.4. The topological polar surface area (TPSA) is 126 Å². The van der Waals surface area contributed by atoms with Gasteiger partial charge >= 0.3 is 5.97 Å². The number of nitro benzene ring substituents is 1. The molecule has 160 valence electrons. The van der Waals surface area contributed by atoms with Gasteiger partial charge in [0.05, 0.1) is 34.1 Å². The van der Waals surface area contributed by atoms with E-state index in [1.807, 2.05) is 6.07 Å². The number of nitrogens with one attached hydrogen (secondary N) is 1. The number of nitrogens with zero attached hydrogens (tertiary/aromatic N) is 3. The van der Waals surface area contributed by atoms with Crippen LogP contribution in [-0.2, 0) is 9.53 Å². The summed E-state index contributed by atoms with van der Waals surface area (Å²) < 4.78 is 11.9. The number of amides is 1. The minimum Gasteiger partial charge on any atom is -0.480 e. The molecule has 2 aromatic carbocycles. The van der Waals surface area contributed by atoms with Gasteiger partial charge in [0.2, 0.25) is 5.69 Å². The maximum Gasteiger partial charge on any atom is 0.362 e. The first kappa shape index (κ1) is 21.8. The maximum atomic E-state index is 12.3. The number of non-ortho nitro benzene ring substituents is 1. The first-order valence-electron chi connectivity index (χ1n) is 9.08. The van der Waals surface area contributed by atoms with Gasteiger partial charge in [-0.2, -0.15) is 5.10 Å². The van der Waals surface area contributed by atoms with E-state index >= 15 is 0 Å². The third-order valence-corrected chi connectivity index (χ3v) is 4.29. The van der Waals surface area contributed by atoms with Gasteiger partial charge in [-0.3, -0.25) is 14.9 Å². The summed E-state index contributed by atoms with van der Waals surface area (Å²) in [5.41, 5.74) is 0.423. The molecule has 3 rings (SSSR count). The zero-order valence-electron chi connectivity index (χ0n) is 16.3. The van der Waals surface area contributed by atoms with Crippen molar-refractivity contribution in [1.82, 2.24) is 9.78 Å². The van der Waals surface area contributed by atoms with Gasteiger partial charge in [-0.15, -0.1) is 0 Å². The highest BCUT2D eigenvalue weighted by atomic mass is 35.5. The van der Waals surface area contributed by atoms with Crippen LogP contribution in [-0.4, -0.2) is 39.8 Å². The third kappa shape index (κ3) is 5.37. The minimum atomic E-state index is -0.700. The Labute approximate surface area is 181 Å². The fourth-order valence-electron chi connectivity index (χ4n) is 2.57. The van der Waals surface area contributed by atoms with E-state index in [1.54, 1.807) is 31.2 Å². The maximum absolute atomic E-state index is 12.3. The van der Waals surface area contributed by atoms with Gasteiger partial charge in [-0.05, 0) is 25.1 Å². The van der Waals surface area contributed by atoms with Crippen molar-refractivity contribution < 1.29 is 24.0 Å². The molecule has 0 aliphatic heterocycles. The highest BCUT2D eigenvalue weighted by Gasteiger charge is 2.21. The van der Waals surface area contributed by atoms with Gasteiger partial charge in [-0.25, -0.2) is 9.48 Å². The fraction of sp³-hybridized carbons (Fsp3) is 0.150. The highest BCUT2D eigenvalue weighted by molar-refractivity contribution is 6.33. The number of halogens is 1. The number of ether oxygens (including phenoxy) is 2. The average Bonchev–Trinajstić information content (AvgIpc) is 3.19. The molecule has 0 atom stereocenters. The molecule has 11 heteroatoms. The molecule has 1 amide bonds. The second-order valence-corrected chi connectivity index (χ2v) is 6.51. The lowest BCUT2D eigenvalue weighted by molar-refractivity contribution is -0.384. The lowest BCUT2D eigenvalue weighted by Crippen LogP contribution is -2.21. The largest absolute Gasteiger partial charge is 0.480 e. The number of hydrogen-bond acceptors (Lipinski definition) is 7. The fourth-order valence-corrected chi connectivity index (χ4v) is 2.73. The molecule has 0 saturated heterocycles. The molecule has 1 N–H and O–H groups in total. The Balaban J connectivity index is 1.76. The van der Waals surface area contributed by atoms with Gasteiger partial charge in [-0.1, -0.05) is 29.8 Å². The molecule has 10 nitrogen and oxygen atoms in total. The Morgan fingerprint density at radius 1 is 1.23 bits per heavy atom. The van der Waals surface area contributed by atoms with Crippen molar-refractivity contribution >= 4 is 34.9 Å². The number of benzene rings is 2. The summed E-state index contributed by atoms with van der Waals surface area (Å²) in [5, 5.41) is 17.7. The van der Waals surface area contributed by atoms with E-state index in [9.17, 15) is 19.7 Å². The SMILES string of the molecule is CCOC(=O)c1nn(-c2ccccc2)cc1OCC(=O)Nc1cc([N+](=O)[O-])ccc1Cl. The number of nitro groups is 1. The second kappa shape index (κ2) is 9.72. The van der Waals surface area contributed by atoms with Crippen molar-refractivity contribution in [2.45, 2.75) is 6.92 Å². The van der Waals surface area contributed by atoms with E-state index in [0.717, 1.165) is 6.07 Å². The van der Waals surface area contributed by atoms with Crippen molar-refractivity contribution in [3.8, 4) is 11.4 Å². The number of para-hydroxylation sites is 1. The van der Waals surface area contributed by atoms with Gasteiger partial charge in [0.15, 0.2) is 12.4 Å². The number of rotatable bonds is 8. The summed E-state index contributed by atoms with van der Waals surface area (Å²) >= 11 is 5.98. The predicted molar refractivity (Wildman–Crippen MR) is 112 cm³/mol. The number of aromatic nitrogens is 2. The van der Waals surface area contributed by atoms with Crippen LogP contribution in [0.3, 0.4) is 0 Å². The lowest BCUT2D eigenvalue weighted by Gasteiger charge is -2.08. The molecule has 0 bridgehead atoms. The molecule has 0 saturated carbocycles. The third-order valence-electron chi connectivity index (χ3n) is 3.96. The Morgan fingerprint density at radius 2 is 1.97 bits per heavy atom. The van der Waals surface area contributed by atoms with E-state index in [1.165, 1.54) is 23.0 Å². The van der Waals surface area contributed by atoms with Crippen LogP contribution in [0.2, 0.25) is 5.02 Å². The molecular weight excluding hydrogens is 428 g/mol. The van der Waals surface area contributed by atoms with Gasteiger partial charge < -0.3 is 14.8 Å². The van der Waals surface area contributed by atoms with Crippen LogP contribution in [0.4, 0.5) is 11.4 Å². The Hall–Kier alpha value is -3.92. The van der Waals surface area contributed by atoms with Gasteiger partial charge in [0.1, 0.15) is 0 Å². The molecule has 0 fully saturated rings. The predicted octanol–water partition coefficient (Wildman–Crippen LogP) is 3.63. The summed E-state index contributed by atoms with van der Waals surface area (Å²) in [6, 6.07) is 12.7. The molecule has 3 aromatic rings. The van der Waals surface area contributed by atoms with E-state index in [0.29, 0.717) is 5.69 Å². The molecule has 1 aromatic heterocycles. The standard InChI is InChI=1S/C20H17ClN4O6/c1-2-30-20(27)19-17(11-24(23-19)13-6-4-3-5-7-13)31-12-18(26)22-16-10-14(25(28)29)8-9-15(16)21/h3-11H,2,12H2,1H3,(H,22,26). The summed E-state index contributed by atoms with van der Waals surface area (Å²) in [6.07, 6.45) is 1.45. The molecule has 0 spiro atoms. The first-order chi connectivity index (χ1) is 14.9. The summed E-state index contributed by atoms with van der Waals surface area (Å²) in [5.74, 6) is -1.29. The van der Waals surface area contributed by atoms with Crippen LogP contribution in [0.15, 0.2) is 54.7 Å². The van der Waals surface area contributed by atoms with E-state index < -0.39 is 23.4 Å². The number of esters is 1. The molecule has 0 aliphatic carbocycles. The number of carbonyl (C=O) groups excluding carboxylic acids is 2. The first-order valence-corrected chi connectivity index (χ1v) is 9.45. The van der Waals surface area contributed by atoms with Crippen LogP contribution in [0.1, 0.15) is 17.4 Å². The lowest BCUT2D eigenvalue weighted by atomic mass is 10.3.